The summed E-state index contributed by atoms with van der Waals surface area (Å²) in [6.07, 6.45) is 0.455. The standard InChI is InChI=1S/C15H20FN3O2/c1-14(2)13(18)19-15(3,6-7-21-14)10-8-9(12(17)20)4-5-11(10)16/h4-5,8H,6-7H2,1-3H3,(H2,17,20)(H2,18,19)/t15-/m1/s1. The topological polar surface area (TPSA) is 90.7 Å². The van der Waals surface area contributed by atoms with Crippen molar-refractivity contribution in [3.8, 4) is 0 Å². The summed E-state index contributed by atoms with van der Waals surface area (Å²) in [5.74, 6) is -0.757. The largest absolute Gasteiger partial charge is 0.385 e. The minimum absolute atomic E-state index is 0.242. The van der Waals surface area contributed by atoms with Gasteiger partial charge in [0.05, 0.1) is 12.1 Å². The first-order valence-electron chi connectivity index (χ1n) is 6.75. The van der Waals surface area contributed by atoms with Crippen LogP contribution in [0.25, 0.3) is 0 Å². The molecule has 4 N–H and O–H groups in total. The molecular weight excluding hydrogens is 273 g/mol. The predicted octanol–water partition coefficient (Wildman–Crippen LogP) is 1.70. The third-order valence-corrected chi connectivity index (χ3v) is 3.87. The van der Waals surface area contributed by atoms with Crippen LogP contribution < -0.4 is 11.5 Å². The maximum atomic E-state index is 14.2. The van der Waals surface area contributed by atoms with Gasteiger partial charge in [-0.2, -0.15) is 0 Å². The summed E-state index contributed by atoms with van der Waals surface area (Å²) in [7, 11) is 0. The molecule has 0 radical (unpaired) electrons. The van der Waals surface area contributed by atoms with Gasteiger partial charge >= 0.3 is 0 Å². The minimum atomic E-state index is -0.895. The molecule has 0 unspecified atom stereocenters. The molecule has 1 aliphatic heterocycles. The number of primary amides is 1. The zero-order chi connectivity index (χ0) is 15.8. The van der Waals surface area contributed by atoms with Crippen LogP contribution in [0, 0.1) is 5.82 Å². The number of hydrogen-bond acceptors (Lipinski definition) is 4. The molecule has 1 amide bonds. The molecule has 0 saturated carbocycles. The molecule has 0 bridgehead atoms. The Kier molecular flexibility index (Phi) is 3.76. The van der Waals surface area contributed by atoms with Crippen molar-refractivity contribution in [2.75, 3.05) is 6.61 Å². The summed E-state index contributed by atoms with van der Waals surface area (Å²) < 4.78 is 19.9. The van der Waals surface area contributed by atoms with E-state index in [4.69, 9.17) is 16.2 Å². The van der Waals surface area contributed by atoms with Gasteiger partial charge in [-0.25, -0.2) is 4.39 Å². The Bertz CT molecular complexity index is 613. The molecule has 1 heterocycles. The molecule has 0 saturated heterocycles. The molecule has 2 rings (SSSR count). The van der Waals surface area contributed by atoms with Crippen LogP contribution in [0.15, 0.2) is 23.2 Å². The van der Waals surface area contributed by atoms with Gasteiger partial charge < -0.3 is 16.2 Å². The van der Waals surface area contributed by atoms with Crippen molar-refractivity contribution in [2.24, 2.45) is 16.5 Å². The number of carbonyl (C=O) groups excluding carboxylic acids is 1. The number of aliphatic imine (C=N–C) groups is 1. The van der Waals surface area contributed by atoms with Crippen molar-refractivity contribution in [1.82, 2.24) is 0 Å². The highest BCUT2D eigenvalue weighted by atomic mass is 19.1. The predicted molar refractivity (Wildman–Crippen MR) is 78.5 cm³/mol. The van der Waals surface area contributed by atoms with Crippen molar-refractivity contribution in [2.45, 2.75) is 38.3 Å². The summed E-state index contributed by atoms with van der Waals surface area (Å²) in [4.78, 5) is 15.8. The molecule has 0 aromatic heterocycles. The molecule has 114 valence electrons. The number of ether oxygens (including phenoxy) is 1. The zero-order valence-corrected chi connectivity index (χ0v) is 12.4. The molecule has 1 aromatic rings. The molecule has 6 heteroatoms. The maximum absolute atomic E-state index is 14.2. The van der Waals surface area contributed by atoms with Crippen LogP contribution >= 0.6 is 0 Å². The van der Waals surface area contributed by atoms with Crippen LogP contribution in [0.4, 0.5) is 4.39 Å². The van der Waals surface area contributed by atoms with E-state index in [2.05, 4.69) is 4.99 Å². The van der Waals surface area contributed by atoms with Crippen molar-refractivity contribution in [1.29, 1.82) is 0 Å². The summed E-state index contributed by atoms with van der Waals surface area (Å²) in [6, 6.07) is 4.02. The number of carbonyl (C=O) groups is 1. The fourth-order valence-corrected chi connectivity index (χ4v) is 2.32. The Labute approximate surface area is 123 Å². The molecule has 0 fully saturated rings. The maximum Gasteiger partial charge on any atom is 0.248 e. The second-order valence-corrected chi connectivity index (χ2v) is 5.94. The van der Waals surface area contributed by atoms with E-state index >= 15 is 0 Å². The lowest BCUT2D eigenvalue weighted by atomic mass is 9.88. The van der Waals surface area contributed by atoms with Crippen molar-refractivity contribution in [3.63, 3.8) is 0 Å². The van der Waals surface area contributed by atoms with E-state index in [9.17, 15) is 9.18 Å². The fourth-order valence-electron chi connectivity index (χ4n) is 2.32. The Morgan fingerprint density at radius 2 is 2.05 bits per heavy atom. The Morgan fingerprint density at radius 1 is 1.38 bits per heavy atom. The lowest BCUT2D eigenvalue weighted by Crippen LogP contribution is -2.40. The molecular formula is C15H20FN3O2. The van der Waals surface area contributed by atoms with E-state index in [1.807, 2.05) is 13.8 Å². The fraction of sp³-hybridized carbons (Fsp3) is 0.467. The molecule has 1 aromatic carbocycles. The highest BCUT2D eigenvalue weighted by molar-refractivity contribution is 5.93. The number of nitrogens with zero attached hydrogens (tertiary/aromatic N) is 1. The molecule has 0 aliphatic carbocycles. The summed E-state index contributed by atoms with van der Waals surface area (Å²) in [6.45, 7) is 5.78. The van der Waals surface area contributed by atoms with Crippen molar-refractivity contribution >= 4 is 11.7 Å². The molecule has 0 spiro atoms. The van der Waals surface area contributed by atoms with Gasteiger partial charge in [0.1, 0.15) is 17.3 Å². The number of rotatable bonds is 2. The Balaban J connectivity index is 2.56. The van der Waals surface area contributed by atoms with Gasteiger partial charge in [-0.05, 0) is 39.0 Å². The van der Waals surface area contributed by atoms with Gasteiger partial charge in [-0.3, -0.25) is 9.79 Å². The van der Waals surface area contributed by atoms with Gasteiger partial charge in [-0.1, -0.05) is 0 Å². The van der Waals surface area contributed by atoms with Crippen LogP contribution in [-0.2, 0) is 10.3 Å². The van der Waals surface area contributed by atoms with Gasteiger partial charge in [-0.15, -0.1) is 0 Å². The first kappa shape index (κ1) is 15.4. The van der Waals surface area contributed by atoms with Crippen LogP contribution in [-0.4, -0.2) is 24.0 Å². The zero-order valence-electron chi connectivity index (χ0n) is 12.4. The van der Waals surface area contributed by atoms with Gasteiger partial charge in [0.25, 0.3) is 0 Å². The number of amides is 1. The number of hydrogen-bond donors (Lipinski definition) is 2. The smallest absolute Gasteiger partial charge is 0.248 e. The van der Waals surface area contributed by atoms with Crippen LogP contribution in [0.2, 0.25) is 0 Å². The lowest BCUT2D eigenvalue weighted by molar-refractivity contribution is 0.0319. The van der Waals surface area contributed by atoms with Gasteiger partial charge in [0, 0.05) is 17.5 Å². The monoisotopic (exact) mass is 293 g/mol. The minimum Gasteiger partial charge on any atom is -0.385 e. The first-order valence-corrected chi connectivity index (χ1v) is 6.75. The SMILES string of the molecule is CC1(C)OCC[C@](C)(c2cc(C(N)=O)ccc2F)N=C1N. The summed E-state index contributed by atoms with van der Waals surface area (Å²) >= 11 is 0. The lowest BCUT2D eigenvalue weighted by Gasteiger charge is -2.25. The highest BCUT2D eigenvalue weighted by Crippen LogP contribution is 2.35. The number of amidine groups is 1. The summed E-state index contributed by atoms with van der Waals surface area (Å²) in [5, 5.41) is 0. The Morgan fingerprint density at radius 3 is 2.67 bits per heavy atom. The number of halogens is 1. The van der Waals surface area contributed by atoms with Crippen LogP contribution in [0.3, 0.4) is 0 Å². The molecule has 1 aliphatic rings. The number of benzene rings is 1. The van der Waals surface area contributed by atoms with E-state index in [0.717, 1.165) is 0 Å². The van der Waals surface area contributed by atoms with Crippen molar-refractivity contribution < 1.29 is 13.9 Å². The van der Waals surface area contributed by atoms with E-state index in [1.54, 1.807) is 6.92 Å². The van der Waals surface area contributed by atoms with Gasteiger partial charge in [0.15, 0.2) is 0 Å². The first-order chi connectivity index (χ1) is 9.66. The van der Waals surface area contributed by atoms with E-state index in [1.165, 1.54) is 18.2 Å². The second kappa shape index (κ2) is 5.11. The van der Waals surface area contributed by atoms with Crippen molar-refractivity contribution in [3.05, 3.63) is 35.1 Å². The second-order valence-electron chi connectivity index (χ2n) is 5.94. The molecule has 5 nitrogen and oxygen atoms in total. The quantitative estimate of drug-likeness (QED) is 0.869. The summed E-state index contributed by atoms with van der Waals surface area (Å²) in [5.41, 5.74) is 10.2. The molecule has 1 atom stereocenters. The number of nitrogens with two attached hydrogens (primary N) is 2. The average molecular weight is 293 g/mol. The normalized spacial score (nSPS) is 25.0. The third-order valence-electron chi connectivity index (χ3n) is 3.87. The Hall–Kier alpha value is -1.95. The van der Waals surface area contributed by atoms with Crippen LogP contribution in [0.1, 0.15) is 43.1 Å². The van der Waals surface area contributed by atoms with E-state index in [-0.39, 0.29) is 5.56 Å². The van der Waals surface area contributed by atoms with Gasteiger partial charge in [0.2, 0.25) is 5.91 Å². The van der Waals surface area contributed by atoms with E-state index < -0.39 is 22.9 Å². The van der Waals surface area contributed by atoms with Crippen LogP contribution in [0.5, 0.6) is 0 Å². The average Bonchev–Trinajstić information content (AvgIpc) is 2.47. The highest BCUT2D eigenvalue weighted by Gasteiger charge is 2.36. The molecule has 21 heavy (non-hydrogen) atoms. The third kappa shape index (κ3) is 2.90. The van der Waals surface area contributed by atoms with E-state index in [0.29, 0.717) is 24.4 Å².